The third-order valence-electron chi connectivity index (χ3n) is 12.2. The molecule has 0 atom stereocenters. The normalized spacial score (nSPS) is 12.1. The zero-order chi connectivity index (χ0) is 37.9. The van der Waals surface area contributed by atoms with Crippen molar-refractivity contribution in [3.63, 3.8) is 0 Å². The Hall–Kier alpha value is -7.82. The molecule has 4 nitrogen and oxygen atoms in total. The summed E-state index contributed by atoms with van der Waals surface area (Å²) in [4.78, 5) is 10.5. The summed E-state index contributed by atoms with van der Waals surface area (Å²) < 4.78 is 4.95. The lowest BCUT2D eigenvalue weighted by atomic mass is 9.99. The Kier molecular flexibility index (Phi) is 6.41. The molecule has 0 saturated carbocycles. The summed E-state index contributed by atoms with van der Waals surface area (Å²) in [5.74, 6) is 0. The van der Waals surface area contributed by atoms with Gasteiger partial charge in [0.2, 0.25) is 0 Å². The van der Waals surface area contributed by atoms with E-state index < -0.39 is 0 Å². The largest absolute Gasteiger partial charge is 0.309 e. The van der Waals surface area contributed by atoms with Crippen molar-refractivity contribution in [1.82, 2.24) is 18.9 Å². The summed E-state index contributed by atoms with van der Waals surface area (Å²) in [5, 5.41) is 10.2. The van der Waals surface area contributed by atoms with E-state index in [2.05, 4.69) is 179 Å². The second-order valence-electron chi connectivity index (χ2n) is 15.4. The van der Waals surface area contributed by atoms with Gasteiger partial charge in [0.15, 0.2) is 0 Å². The maximum Gasteiger partial charge on any atom is 0.0973 e. The van der Waals surface area contributed by atoms with Gasteiger partial charge in [-0.25, -0.2) is 9.97 Å². The number of para-hydroxylation sites is 4. The molecule has 0 saturated heterocycles. The van der Waals surface area contributed by atoms with Gasteiger partial charge in [-0.2, -0.15) is 0 Å². The van der Waals surface area contributed by atoms with Crippen molar-refractivity contribution in [3.05, 3.63) is 194 Å². The maximum absolute atomic E-state index is 5.25. The Balaban J connectivity index is 1.04. The molecule has 0 aliphatic carbocycles. The molecule has 0 aliphatic rings. The van der Waals surface area contributed by atoms with Crippen molar-refractivity contribution in [2.45, 2.75) is 0 Å². The highest BCUT2D eigenvalue weighted by Crippen LogP contribution is 2.47. The molecule has 268 valence electrons. The highest BCUT2D eigenvalue weighted by Gasteiger charge is 2.24. The Morgan fingerprint density at radius 2 is 0.879 bits per heavy atom. The number of benzene rings is 9. The number of rotatable bonds is 4. The van der Waals surface area contributed by atoms with Gasteiger partial charge in [0.25, 0.3) is 0 Å². The van der Waals surface area contributed by atoms with Gasteiger partial charge in [-0.05, 0) is 76.5 Å². The molecule has 0 N–H and O–H groups in total. The third kappa shape index (κ3) is 4.40. The van der Waals surface area contributed by atoms with E-state index in [0.29, 0.717) is 0 Å². The minimum Gasteiger partial charge on any atom is -0.309 e. The fourth-order valence-corrected chi connectivity index (χ4v) is 9.60. The minimum atomic E-state index is 0.867. The quantitative estimate of drug-likeness (QED) is 0.180. The summed E-state index contributed by atoms with van der Waals surface area (Å²) >= 11 is 0. The van der Waals surface area contributed by atoms with Gasteiger partial charge in [0.05, 0.1) is 50.0 Å². The van der Waals surface area contributed by atoms with E-state index in [-0.39, 0.29) is 0 Å². The fourth-order valence-electron chi connectivity index (χ4n) is 9.60. The van der Waals surface area contributed by atoms with E-state index in [9.17, 15) is 0 Å². The molecule has 13 aromatic rings. The zero-order valence-electron chi connectivity index (χ0n) is 31.3. The Morgan fingerprint density at radius 3 is 1.60 bits per heavy atom. The summed E-state index contributed by atoms with van der Waals surface area (Å²) in [5.41, 5.74) is 15.2. The molecule has 0 spiro atoms. The number of aromatic nitrogens is 4. The van der Waals surface area contributed by atoms with Gasteiger partial charge < -0.3 is 8.97 Å². The van der Waals surface area contributed by atoms with Gasteiger partial charge in [-0.15, -0.1) is 0 Å². The van der Waals surface area contributed by atoms with Crippen LogP contribution < -0.4 is 0 Å². The first kappa shape index (κ1) is 31.4. The van der Waals surface area contributed by atoms with Crippen molar-refractivity contribution < 1.29 is 0 Å². The lowest BCUT2D eigenvalue weighted by Gasteiger charge is -2.13. The molecule has 0 bridgehead atoms. The van der Waals surface area contributed by atoms with Crippen molar-refractivity contribution >= 4 is 81.7 Å². The molecule has 0 amide bonds. The summed E-state index contributed by atoms with van der Waals surface area (Å²) in [6.45, 7) is 0. The highest BCUT2D eigenvalue weighted by molar-refractivity contribution is 6.36. The SMILES string of the molecule is c1ccc(-c2ccc(-c3nc4ccccc4nc3-c3ccc(-n4c5ccccc5c5c6c7cc8ccccc8cc7n7c8ccccc8c(cc54)c67)cc3)cc2)cc1. The maximum atomic E-state index is 5.25. The second-order valence-corrected chi connectivity index (χ2v) is 15.4. The van der Waals surface area contributed by atoms with Gasteiger partial charge in [-0.1, -0.05) is 140 Å². The van der Waals surface area contributed by atoms with Crippen molar-refractivity contribution in [2.75, 3.05) is 0 Å². The van der Waals surface area contributed by atoms with E-state index in [1.54, 1.807) is 0 Å². The molecule has 9 aromatic carbocycles. The highest BCUT2D eigenvalue weighted by atomic mass is 15.0. The van der Waals surface area contributed by atoms with Crippen LogP contribution in [0.1, 0.15) is 0 Å². The molecular formula is C54H32N4. The van der Waals surface area contributed by atoms with Crippen molar-refractivity contribution in [3.8, 4) is 39.3 Å². The topological polar surface area (TPSA) is 35.1 Å². The fraction of sp³-hybridized carbons (Fsp3) is 0. The average molecular weight is 737 g/mol. The van der Waals surface area contributed by atoms with Crippen LogP contribution in [0, 0.1) is 0 Å². The molecule has 0 fully saturated rings. The van der Waals surface area contributed by atoms with E-state index in [1.807, 2.05) is 24.3 Å². The zero-order valence-corrected chi connectivity index (χ0v) is 31.3. The molecule has 0 radical (unpaired) electrons. The summed E-state index contributed by atoms with van der Waals surface area (Å²) in [6, 6.07) is 69.9. The molecule has 0 aliphatic heterocycles. The first-order chi connectivity index (χ1) is 28.8. The van der Waals surface area contributed by atoms with Gasteiger partial charge in [0.1, 0.15) is 0 Å². The van der Waals surface area contributed by atoms with Crippen LogP contribution >= 0.6 is 0 Å². The molecule has 13 rings (SSSR count). The van der Waals surface area contributed by atoms with Crippen molar-refractivity contribution in [1.29, 1.82) is 0 Å². The second kappa shape index (κ2) is 11.8. The Morgan fingerprint density at radius 1 is 0.328 bits per heavy atom. The number of hydrogen-bond acceptors (Lipinski definition) is 2. The lowest BCUT2D eigenvalue weighted by Crippen LogP contribution is -1.97. The first-order valence-corrected chi connectivity index (χ1v) is 19.8. The number of hydrogen-bond donors (Lipinski definition) is 0. The number of nitrogens with zero attached hydrogens (tertiary/aromatic N) is 4. The molecule has 4 heterocycles. The van der Waals surface area contributed by atoms with Crippen LogP contribution in [0.4, 0.5) is 0 Å². The minimum absolute atomic E-state index is 0.867. The van der Waals surface area contributed by atoms with Gasteiger partial charge in [-0.3, -0.25) is 0 Å². The molecule has 4 aromatic heterocycles. The molecule has 58 heavy (non-hydrogen) atoms. The monoisotopic (exact) mass is 736 g/mol. The van der Waals surface area contributed by atoms with E-state index >= 15 is 0 Å². The van der Waals surface area contributed by atoms with E-state index in [1.165, 1.54) is 81.8 Å². The lowest BCUT2D eigenvalue weighted by molar-refractivity contribution is 1.18. The standard InChI is InChI=1S/C54H32N4/c1-2-12-33(13-3-1)34-22-24-35(25-23-34)52-53(56-45-19-9-8-18-44(45)55-52)36-26-28-39(29-27-36)57-47-21-11-7-17-41(47)50-49(57)32-42-40-16-6-10-20-46(40)58-48-31-38-15-5-4-14-37(38)30-43(48)51(50)54(42)58/h1-32H. The summed E-state index contributed by atoms with van der Waals surface area (Å²) in [6.07, 6.45) is 0. The molecular weight excluding hydrogens is 705 g/mol. The van der Waals surface area contributed by atoms with Crippen LogP contribution in [-0.2, 0) is 0 Å². The smallest absolute Gasteiger partial charge is 0.0973 e. The van der Waals surface area contributed by atoms with Gasteiger partial charge >= 0.3 is 0 Å². The van der Waals surface area contributed by atoms with Crippen LogP contribution in [-0.4, -0.2) is 18.9 Å². The van der Waals surface area contributed by atoms with E-state index in [0.717, 1.165) is 39.2 Å². The van der Waals surface area contributed by atoms with Crippen LogP contribution in [0.2, 0.25) is 0 Å². The predicted molar refractivity (Wildman–Crippen MR) is 242 cm³/mol. The van der Waals surface area contributed by atoms with Crippen LogP contribution in [0.5, 0.6) is 0 Å². The summed E-state index contributed by atoms with van der Waals surface area (Å²) in [7, 11) is 0. The van der Waals surface area contributed by atoms with Crippen LogP contribution in [0.25, 0.3) is 121 Å². The van der Waals surface area contributed by atoms with Crippen molar-refractivity contribution in [2.24, 2.45) is 0 Å². The Bertz CT molecular complexity index is 3760. The average Bonchev–Trinajstić information content (AvgIpc) is 3.92. The molecule has 0 unspecified atom stereocenters. The first-order valence-electron chi connectivity index (χ1n) is 19.8. The predicted octanol–water partition coefficient (Wildman–Crippen LogP) is 14.0. The van der Waals surface area contributed by atoms with Crippen LogP contribution in [0.3, 0.4) is 0 Å². The Labute approximate surface area is 332 Å². The van der Waals surface area contributed by atoms with Crippen LogP contribution in [0.15, 0.2) is 194 Å². The van der Waals surface area contributed by atoms with E-state index in [4.69, 9.17) is 9.97 Å². The number of fused-ring (bicyclic) bond motifs is 12. The molecule has 4 heteroatoms. The third-order valence-corrected chi connectivity index (χ3v) is 12.2. The van der Waals surface area contributed by atoms with Gasteiger partial charge in [0, 0.05) is 49.1 Å².